The highest BCUT2D eigenvalue weighted by molar-refractivity contribution is 6.33. The minimum absolute atomic E-state index is 0.639. The van der Waals surface area contributed by atoms with E-state index in [-0.39, 0.29) is 0 Å². The fourth-order valence-corrected chi connectivity index (χ4v) is 2.66. The van der Waals surface area contributed by atoms with Crippen molar-refractivity contribution in [3.63, 3.8) is 0 Å². The third-order valence-corrected chi connectivity index (χ3v) is 3.68. The Balaban J connectivity index is 2.15. The van der Waals surface area contributed by atoms with Crippen molar-refractivity contribution in [3.8, 4) is 5.88 Å². The lowest BCUT2D eigenvalue weighted by atomic mass is 10.2. The van der Waals surface area contributed by atoms with Crippen molar-refractivity contribution in [2.75, 3.05) is 31.4 Å². The molecule has 1 heterocycles. The van der Waals surface area contributed by atoms with E-state index in [9.17, 15) is 0 Å². The molecular weight excluding hydrogens is 288 g/mol. The van der Waals surface area contributed by atoms with E-state index in [1.54, 1.807) is 11.8 Å². The van der Waals surface area contributed by atoms with Gasteiger partial charge in [-0.3, -0.25) is 0 Å². The Morgan fingerprint density at radius 1 is 1.38 bits per heavy atom. The number of benzene rings is 1. The molecule has 21 heavy (non-hydrogen) atoms. The summed E-state index contributed by atoms with van der Waals surface area (Å²) in [5, 5.41) is 8.45. The second-order valence-electron chi connectivity index (χ2n) is 5.11. The third kappa shape index (κ3) is 3.24. The number of aromatic nitrogens is 2. The molecule has 0 bridgehead atoms. The van der Waals surface area contributed by atoms with Gasteiger partial charge >= 0.3 is 0 Å². The Morgan fingerprint density at radius 3 is 2.67 bits per heavy atom. The Hall–Kier alpha value is -1.88. The zero-order valence-electron chi connectivity index (χ0n) is 13.1. The molecule has 0 aliphatic rings. The fraction of sp³-hybridized carbons (Fsp3) is 0.400. The van der Waals surface area contributed by atoms with E-state index in [1.807, 2.05) is 51.2 Å². The predicted molar refractivity (Wildman–Crippen MR) is 87.6 cm³/mol. The first-order valence-electron chi connectivity index (χ1n) is 6.71. The summed E-state index contributed by atoms with van der Waals surface area (Å²) in [6.07, 6.45) is 0. The van der Waals surface area contributed by atoms with Crippen LogP contribution in [-0.2, 0) is 13.6 Å². The quantitative estimate of drug-likeness (QED) is 0.922. The van der Waals surface area contributed by atoms with Gasteiger partial charge in [-0.05, 0) is 25.1 Å². The maximum atomic E-state index is 6.28. The van der Waals surface area contributed by atoms with E-state index >= 15 is 0 Å². The van der Waals surface area contributed by atoms with Gasteiger partial charge in [0.1, 0.15) is 0 Å². The zero-order chi connectivity index (χ0) is 15.6. The zero-order valence-corrected chi connectivity index (χ0v) is 13.8. The molecule has 0 aliphatic carbocycles. The van der Waals surface area contributed by atoms with Crippen LogP contribution in [0.2, 0.25) is 5.02 Å². The molecule has 0 atom stereocenters. The van der Waals surface area contributed by atoms with Crippen molar-refractivity contribution in [3.05, 3.63) is 34.5 Å². The van der Waals surface area contributed by atoms with Crippen molar-refractivity contribution in [1.29, 1.82) is 0 Å². The van der Waals surface area contributed by atoms with Crippen molar-refractivity contribution in [2.24, 2.45) is 7.05 Å². The number of halogens is 1. The van der Waals surface area contributed by atoms with E-state index in [4.69, 9.17) is 16.3 Å². The smallest absolute Gasteiger partial charge is 0.216 e. The Labute approximate surface area is 130 Å². The minimum Gasteiger partial charge on any atom is -0.481 e. The average molecular weight is 309 g/mol. The van der Waals surface area contributed by atoms with Gasteiger partial charge in [0.05, 0.1) is 29.1 Å². The molecule has 0 saturated carbocycles. The number of hydrogen-bond donors (Lipinski definition) is 1. The summed E-state index contributed by atoms with van der Waals surface area (Å²) in [4.78, 5) is 1.99. The van der Waals surface area contributed by atoms with Gasteiger partial charge in [-0.1, -0.05) is 11.6 Å². The van der Waals surface area contributed by atoms with Crippen molar-refractivity contribution in [1.82, 2.24) is 9.78 Å². The highest BCUT2D eigenvalue weighted by Gasteiger charge is 2.13. The van der Waals surface area contributed by atoms with Crippen LogP contribution >= 0.6 is 11.6 Å². The first-order valence-corrected chi connectivity index (χ1v) is 7.09. The van der Waals surface area contributed by atoms with E-state index in [1.165, 1.54) is 0 Å². The van der Waals surface area contributed by atoms with Crippen LogP contribution in [0, 0.1) is 6.92 Å². The van der Waals surface area contributed by atoms with Crippen LogP contribution < -0.4 is 15.0 Å². The number of anilines is 2. The maximum Gasteiger partial charge on any atom is 0.216 e. The normalized spacial score (nSPS) is 10.6. The van der Waals surface area contributed by atoms with Gasteiger partial charge in [0.2, 0.25) is 5.88 Å². The molecule has 0 spiro atoms. The molecule has 0 saturated heterocycles. The highest BCUT2D eigenvalue weighted by atomic mass is 35.5. The van der Waals surface area contributed by atoms with Crippen molar-refractivity contribution in [2.45, 2.75) is 13.5 Å². The van der Waals surface area contributed by atoms with Crippen LogP contribution in [0.3, 0.4) is 0 Å². The number of ether oxygens (including phenoxy) is 1. The van der Waals surface area contributed by atoms with Crippen molar-refractivity contribution < 1.29 is 4.74 Å². The molecule has 1 aromatic heterocycles. The third-order valence-electron chi connectivity index (χ3n) is 3.38. The highest BCUT2D eigenvalue weighted by Crippen LogP contribution is 2.28. The fourth-order valence-electron chi connectivity index (χ4n) is 2.31. The molecule has 6 heteroatoms. The molecular formula is C15H21ClN4O. The second-order valence-corrected chi connectivity index (χ2v) is 5.52. The average Bonchev–Trinajstić information content (AvgIpc) is 2.69. The van der Waals surface area contributed by atoms with Gasteiger partial charge in [-0.15, -0.1) is 0 Å². The van der Waals surface area contributed by atoms with E-state index in [0.717, 1.165) is 33.5 Å². The van der Waals surface area contributed by atoms with Crippen LogP contribution in [0.4, 0.5) is 11.4 Å². The molecule has 1 N–H and O–H groups in total. The minimum atomic E-state index is 0.639. The predicted octanol–water partition coefficient (Wildman–Crippen LogP) is 3.07. The molecule has 0 amide bonds. The van der Waals surface area contributed by atoms with Gasteiger partial charge < -0.3 is 15.0 Å². The Bertz CT molecular complexity index is 637. The van der Waals surface area contributed by atoms with Gasteiger partial charge in [-0.25, -0.2) is 4.68 Å². The van der Waals surface area contributed by atoms with Gasteiger partial charge in [0.15, 0.2) is 0 Å². The van der Waals surface area contributed by atoms with Gasteiger partial charge in [0, 0.05) is 33.4 Å². The molecule has 2 rings (SSSR count). The molecule has 0 radical (unpaired) electrons. The van der Waals surface area contributed by atoms with E-state index in [0.29, 0.717) is 6.54 Å². The lowest BCUT2D eigenvalue weighted by molar-refractivity contribution is 0.370. The number of methoxy groups -OCH3 is 1. The summed E-state index contributed by atoms with van der Waals surface area (Å²) in [5.41, 5.74) is 3.97. The Kier molecular flexibility index (Phi) is 4.63. The van der Waals surface area contributed by atoms with Crippen LogP contribution in [0.25, 0.3) is 0 Å². The largest absolute Gasteiger partial charge is 0.481 e. The number of aryl methyl sites for hydroxylation is 2. The number of nitrogens with zero attached hydrogens (tertiary/aromatic N) is 3. The summed E-state index contributed by atoms with van der Waals surface area (Å²) < 4.78 is 7.13. The lowest BCUT2D eigenvalue weighted by Gasteiger charge is -2.16. The first kappa shape index (κ1) is 15.5. The molecule has 2 aromatic rings. The topological polar surface area (TPSA) is 42.3 Å². The monoisotopic (exact) mass is 308 g/mol. The van der Waals surface area contributed by atoms with E-state index in [2.05, 4.69) is 10.4 Å². The maximum absolute atomic E-state index is 6.28. The summed E-state index contributed by atoms with van der Waals surface area (Å²) in [6.45, 7) is 2.61. The first-order chi connectivity index (χ1) is 9.93. The van der Waals surface area contributed by atoms with Crippen molar-refractivity contribution >= 4 is 23.0 Å². The van der Waals surface area contributed by atoms with Crippen LogP contribution in [0.15, 0.2) is 18.2 Å². The molecule has 114 valence electrons. The van der Waals surface area contributed by atoms with Gasteiger partial charge in [0.25, 0.3) is 0 Å². The lowest BCUT2D eigenvalue weighted by Crippen LogP contribution is -2.09. The molecule has 1 aromatic carbocycles. The number of hydrogen-bond acceptors (Lipinski definition) is 4. The van der Waals surface area contributed by atoms with Crippen LogP contribution in [0.1, 0.15) is 11.3 Å². The van der Waals surface area contributed by atoms with Gasteiger partial charge in [-0.2, -0.15) is 5.10 Å². The summed E-state index contributed by atoms with van der Waals surface area (Å²) >= 11 is 6.28. The number of nitrogens with one attached hydrogen (secondary N) is 1. The summed E-state index contributed by atoms with van der Waals surface area (Å²) in [5.74, 6) is 0.774. The Morgan fingerprint density at radius 2 is 2.10 bits per heavy atom. The summed E-state index contributed by atoms with van der Waals surface area (Å²) in [7, 11) is 7.47. The van der Waals surface area contributed by atoms with E-state index < -0.39 is 0 Å². The summed E-state index contributed by atoms with van der Waals surface area (Å²) in [6, 6.07) is 5.94. The van der Waals surface area contributed by atoms with Crippen LogP contribution in [-0.4, -0.2) is 31.0 Å². The molecule has 0 fully saturated rings. The molecule has 5 nitrogen and oxygen atoms in total. The standard InChI is InChI=1S/C15H21ClN4O/c1-10-12(15(21-5)20(4)18-10)9-17-11-6-7-14(19(2)3)13(16)8-11/h6-8,17H,9H2,1-5H3. The number of rotatable bonds is 5. The molecule has 0 aliphatic heterocycles. The second kappa shape index (κ2) is 6.26. The van der Waals surface area contributed by atoms with Crippen LogP contribution in [0.5, 0.6) is 5.88 Å². The molecule has 0 unspecified atom stereocenters. The SMILES string of the molecule is COc1c(CNc2ccc(N(C)C)c(Cl)c2)c(C)nn1C.